The fraction of sp³-hybridized carbons (Fsp3) is 0.241. The molecule has 174 valence electrons. The molecule has 0 atom stereocenters. The lowest BCUT2D eigenvalue weighted by Crippen LogP contribution is -2.32. The maximum atomic E-state index is 13.5. The maximum absolute atomic E-state index is 13.5. The highest BCUT2D eigenvalue weighted by molar-refractivity contribution is 6.36. The Kier molecular flexibility index (Phi) is 6.13. The van der Waals surface area contributed by atoms with E-state index in [1.807, 2.05) is 56.3 Å². The van der Waals surface area contributed by atoms with Gasteiger partial charge >= 0.3 is 0 Å². The van der Waals surface area contributed by atoms with E-state index in [-0.39, 0.29) is 29.4 Å². The number of carbonyl (C=O) groups is 2. The molecule has 0 unspecified atom stereocenters. The maximum Gasteiger partial charge on any atom is 0.278 e. The molecule has 5 heteroatoms. The summed E-state index contributed by atoms with van der Waals surface area (Å²) in [6.07, 6.45) is 0. The van der Waals surface area contributed by atoms with Crippen molar-refractivity contribution >= 4 is 23.1 Å². The smallest absolute Gasteiger partial charge is 0.278 e. The minimum atomic E-state index is -0.401. The van der Waals surface area contributed by atoms with Gasteiger partial charge in [0.2, 0.25) is 0 Å². The summed E-state index contributed by atoms with van der Waals surface area (Å²) < 4.78 is 13.3. The van der Waals surface area contributed by atoms with Gasteiger partial charge in [0.1, 0.15) is 11.5 Å². The number of anilines is 1. The van der Waals surface area contributed by atoms with E-state index in [2.05, 4.69) is 26.1 Å². The van der Waals surface area contributed by atoms with E-state index in [0.29, 0.717) is 16.7 Å². The summed E-state index contributed by atoms with van der Waals surface area (Å²) in [7, 11) is 0. The highest BCUT2D eigenvalue weighted by atomic mass is 19.1. The third kappa shape index (κ3) is 4.65. The molecule has 1 aliphatic rings. The van der Waals surface area contributed by atoms with Gasteiger partial charge in [0, 0.05) is 5.69 Å². The molecule has 0 radical (unpaired) electrons. The lowest BCUT2D eigenvalue weighted by Gasteiger charge is -2.19. The molecule has 2 amide bonds. The average molecular weight is 457 g/mol. The molecular formula is C29H29FN2O2. The molecule has 0 bridgehead atoms. The highest BCUT2D eigenvalue weighted by Gasteiger charge is 2.39. The molecule has 1 heterocycles. The number of nitrogens with zero attached hydrogens (tertiary/aromatic N) is 1. The number of carbonyl (C=O) groups excluding carboxylic acids is 2. The summed E-state index contributed by atoms with van der Waals surface area (Å²) in [6.45, 7) is 10.5. The molecule has 0 aliphatic carbocycles. The first-order valence-electron chi connectivity index (χ1n) is 11.3. The zero-order valence-electron chi connectivity index (χ0n) is 20.2. The minimum Gasteiger partial charge on any atom is -0.350 e. The summed E-state index contributed by atoms with van der Waals surface area (Å²) >= 11 is 0. The summed E-state index contributed by atoms with van der Waals surface area (Å²) in [4.78, 5) is 28.2. The van der Waals surface area contributed by atoms with Crippen LogP contribution in [-0.2, 0) is 21.5 Å². The van der Waals surface area contributed by atoms with Gasteiger partial charge in [-0.3, -0.25) is 14.5 Å². The summed E-state index contributed by atoms with van der Waals surface area (Å²) in [6, 6.07) is 19.5. The molecule has 4 nitrogen and oxygen atoms in total. The van der Waals surface area contributed by atoms with Gasteiger partial charge in [0.25, 0.3) is 11.8 Å². The van der Waals surface area contributed by atoms with Gasteiger partial charge in [0.05, 0.1) is 12.1 Å². The van der Waals surface area contributed by atoms with Crippen molar-refractivity contribution in [2.45, 2.75) is 46.6 Å². The molecule has 4 rings (SSSR count). The van der Waals surface area contributed by atoms with Gasteiger partial charge in [0.15, 0.2) is 0 Å². The molecule has 0 aromatic heterocycles. The lowest BCUT2D eigenvalue weighted by atomic mass is 9.87. The van der Waals surface area contributed by atoms with Crippen molar-refractivity contribution in [2.75, 3.05) is 5.32 Å². The number of hydrogen-bond donors (Lipinski definition) is 1. The first kappa shape index (κ1) is 23.4. The first-order chi connectivity index (χ1) is 16.0. The normalized spacial score (nSPS) is 14.2. The minimum absolute atomic E-state index is 0.00743. The standard InChI is InChI=1S/C29H29FN2O2/c1-18-6-9-21(16-19(18)2)25-26(31-24-14-10-22(11-15-24)29(3,4)5)28(34)32(27(25)33)17-20-7-12-23(30)13-8-20/h6-16,31H,17H2,1-5H3. The van der Waals surface area contributed by atoms with Crippen LogP contribution in [0, 0.1) is 19.7 Å². The van der Waals surface area contributed by atoms with Gasteiger partial charge in [-0.05, 0) is 71.3 Å². The largest absolute Gasteiger partial charge is 0.350 e. The summed E-state index contributed by atoms with van der Waals surface area (Å²) in [5.41, 5.74) is 6.02. The van der Waals surface area contributed by atoms with Gasteiger partial charge < -0.3 is 5.32 Å². The Morgan fingerprint density at radius 2 is 1.47 bits per heavy atom. The summed E-state index contributed by atoms with van der Waals surface area (Å²) in [5.74, 6) is -1.13. The van der Waals surface area contributed by atoms with Crippen LogP contribution < -0.4 is 5.32 Å². The number of benzene rings is 3. The molecule has 34 heavy (non-hydrogen) atoms. The van der Waals surface area contributed by atoms with Crippen LogP contribution in [0.4, 0.5) is 10.1 Å². The fourth-order valence-electron chi connectivity index (χ4n) is 3.97. The van der Waals surface area contributed by atoms with Crippen LogP contribution in [0.1, 0.15) is 48.6 Å². The third-order valence-electron chi connectivity index (χ3n) is 6.24. The van der Waals surface area contributed by atoms with Crippen molar-refractivity contribution in [2.24, 2.45) is 0 Å². The second-order valence-corrected chi connectivity index (χ2v) is 9.82. The van der Waals surface area contributed by atoms with Gasteiger partial charge in [-0.15, -0.1) is 0 Å². The zero-order chi connectivity index (χ0) is 24.6. The molecule has 1 aliphatic heterocycles. The Morgan fingerprint density at radius 3 is 2.06 bits per heavy atom. The van der Waals surface area contributed by atoms with Gasteiger partial charge in [-0.1, -0.05) is 63.2 Å². The predicted molar refractivity (Wildman–Crippen MR) is 134 cm³/mol. The number of nitrogens with one attached hydrogen (secondary N) is 1. The quantitative estimate of drug-likeness (QED) is 0.470. The molecule has 0 saturated heterocycles. The van der Waals surface area contributed by atoms with E-state index in [4.69, 9.17) is 0 Å². The van der Waals surface area contributed by atoms with E-state index in [0.717, 1.165) is 16.8 Å². The second kappa shape index (κ2) is 8.90. The van der Waals surface area contributed by atoms with Gasteiger partial charge in [-0.2, -0.15) is 0 Å². The second-order valence-electron chi connectivity index (χ2n) is 9.82. The Balaban J connectivity index is 1.73. The molecule has 1 N–H and O–H groups in total. The van der Waals surface area contributed by atoms with E-state index in [9.17, 15) is 14.0 Å². The van der Waals surface area contributed by atoms with E-state index in [1.54, 1.807) is 12.1 Å². The predicted octanol–water partition coefficient (Wildman–Crippen LogP) is 6.13. The Morgan fingerprint density at radius 1 is 0.824 bits per heavy atom. The number of amides is 2. The van der Waals surface area contributed by atoms with Gasteiger partial charge in [-0.25, -0.2) is 4.39 Å². The van der Waals surface area contributed by atoms with E-state index >= 15 is 0 Å². The topological polar surface area (TPSA) is 49.4 Å². The fourth-order valence-corrected chi connectivity index (χ4v) is 3.97. The summed E-state index contributed by atoms with van der Waals surface area (Å²) in [5, 5.41) is 3.21. The van der Waals surface area contributed by atoms with Crippen LogP contribution in [0.15, 0.2) is 72.4 Å². The third-order valence-corrected chi connectivity index (χ3v) is 6.24. The Hall–Kier alpha value is -3.73. The molecule has 0 spiro atoms. The van der Waals surface area contributed by atoms with Crippen LogP contribution in [0.25, 0.3) is 5.57 Å². The van der Waals surface area contributed by atoms with Crippen molar-refractivity contribution in [1.29, 1.82) is 0 Å². The number of imide groups is 1. The Labute approximate surface area is 200 Å². The van der Waals surface area contributed by atoms with Crippen LogP contribution >= 0.6 is 0 Å². The Bertz CT molecular complexity index is 1280. The molecule has 3 aromatic carbocycles. The SMILES string of the molecule is Cc1ccc(C2=C(Nc3ccc(C(C)(C)C)cc3)C(=O)N(Cc3ccc(F)cc3)C2=O)cc1C. The van der Waals surface area contributed by atoms with E-state index < -0.39 is 5.91 Å². The number of halogens is 1. The number of aryl methyl sites for hydroxylation is 2. The lowest BCUT2D eigenvalue weighted by molar-refractivity contribution is -0.137. The highest BCUT2D eigenvalue weighted by Crippen LogP contribution is 2.33. The molecule has 0 fully saturated rings. The van der Waals surface area contributed by atoms with Crippen molar-refractivity contribution in [1.82, 2.24) is 4.90 Å². The molecule has 3 aromatic rings. The van der Waals surface area contributed by atoms with E-state index in [1.165, 1.54) is 22.6 Å². The van der Waals surface area contributed by atoms with Crippen LogP contribution in [0.5, 0.6) is 0 Å². The average Bonchev–Trinajstić information content (AvgIpc) is 3.01. The van der Waals surface area contributed by atoms with Crippen LogP contribution in [-0.4, -0.2) is 16.7 Å². The van der Waals surface area contributed by atoms with Crippen molar-refractivity contribution in [3.05, 3.63) is 106 Å². The monoisotopic (exact) mass is 456 g/mol. The van der Waals surface area contributed by atoms with Crippen molar-refractivity contribution in [3.8, 4) is 0 Å². The number of rotatable bonds is 5. The van der Waals surface area contributed by atoms with Crippen LogP contribution in [0.3, 0.4) is 0 Å². The zero-order valence-corrected chi connectivity index (χ0v) is 20.2. The number of hydrogen-bond acceptors (Lipinski definition) is 3. The van der Waals surface area contributed by atoms with Crippen molar-refractivity contribution < 1.29 is 14.0 Å². The first-order valence-corrected chi connectivity index (χ1v) is 11.3. The molecular weight excluding hydrogens is 427 g/mol. The molecule has 0 saturated carbocycles. The van der Waals surface area contributed by atoms with Crippen LogP contribution in [0.2, 0.25) is 0 Å². The van der Waals surface area contributed by atoms with Crippen molar-refractivity contribution in [3.63, 3.8) is 0 Å².